The van der Waals surface area contributed by atoms with Gasteiger partial charge in [0.2, 0.25) is 0 Å². The third-order valence-electron chi connectivity index (χ3n) is 1.71. The lowest BCUT2D eigenvalue weighted by Crippen LogP contribution is -1.96. The molecule has 1 aromatic carbocycles. The molecule has 1 aliphatic rings. The van der Waals surface area contributed by atoms with E-state index in [0.717, 1.165) is 9.32 Å². The van der Waals surface area contributed by atoms with E-state index in [1.807, 2.05) is 18.2 Å². The van der Waals surface area contributed by atoms with E-state index in [0.29, 0.717) is 11.1 Å². The van der Waals surface area contributed by atoms with Gasteiger partial charge in [-0.1, -0.05) is 11.6 Å². The summed E-state index contributed by atoms with van der Waals surface area (Å²) in [7, 11) is 0. The van der Waals surface area contributed by atoms with Crippen molar-refractivity contribution in [2.45, 2.75) is 18.9 Å². The molecule has 2 rings (SSSR count). The van der Waals surface area contributed by atoms with Gasteiger partial charge in [0.15, 0.2) is 0 Å². The van der Waals surface area contributed by atoms with Crippen LogP contribution >= 0.6 is 34.2 Å². The molecule has 1 fully saturated rings. The fourth-order valence-corrected chi connectivity index (χ4v) is 1.84. The third kappa shape index (κ3) is 2.04. The molecule has 0 saturated heterocycles. The van der Waals surface area contributed by atoms with Crippen LogP contribution in [0.2, 0.25) is 5.02 Å². The van der Waals surface area contributed by atoms with Crippen molar-refractivity contribution in [1.82, 2.24) is 0 Å². The van der Waals surface area contributed by atoms with Crippen LogP contribution in [0.15, 0.2) is 18.2 Å². The van der Waals surface area contributed by atoms with Crippen LogP contribution in [0, 0.1) is 3.57 Å². The lowest BCUT2D eigenvalue weighted by atomic mass is 10.3. The van der Waals surface area contributed by atoms with Gasteiger partial charge < -0.3 is 4.74 Å². The first-order valence-electron chi connectivity index (χ1n) is 3.87. The van der Waals surface area contributed by atoms with E-state index in [1.165, 1.54) is 12.8 Å². The minimum absolute atomic E-state index is 0.419. The quantitative estimate of drug-likeness (QED) is 0.759. The van der Waals surface area contributed by atoms with Crippen LogP contribution in [0.3, 0.4) is 0 Å². The summed E-state index contributed by atoms with van der Waals surface area (Å²) in [5.41, 5.74) is 0. The maximum Gasteiger partial charge on any atom is 0.138 e. The summed E-state index contributed by atoms with van der Waals surface area (Å²) in [4.78, 5) is 0. The van der Waals surface area contributed by atoms with Crippen molar-refractivity contribution in [3.8, 4) is 5.75 Å². The van der Waals surface area contributed by atoms with Gasteiger partial charge in [-0.15, -0.1) is 0 Å². The van der Waals surface area contributed by atoms with E-state index in [4.69, 9.17) is 16.3 Å². The first kappa shape index (κ1) is 8.63. The lowest BCUT2D eigenvalue weighted by molar-refractivity contribution is 0.303. The summed E-state index contributed by atoms with van der Waals surface area (Å²) in [6, 6.07) is 5.85. The maximum absolute atomic E-state index is 5.97. The first-order chi connectivity index (χ1) is 5.75. The Bertz CT molecular complexity index is 297. The van der Waals surface area contributed by atoms with Crippen molar-refractivity contribution in [3.05, 3.63) is 26.8 Å². The zero-order valence-corrected chi connectivity index (χ0v) is 9.30. The number of hydrogen-bond acceptors (Lipinski definition) is 1. The van der Waals surface area contributed by atoms with Crippen LogP contribution in [0.25, 0.3) is 0 Å². The Morgan fingerprint density at radius 1 is 1.42 bits per heavy atom. The Kier molecular flexibility index (Phi) is 2.46. The Labute approximate surface area is 90.2 Å². The average molecular weight is 295 g/mol. The number of benzene rings is 1. The van der Waals surface area contributed by atoms with Gasteiger partial charge in [-0.25, -0.2) is 0 Å². The number of halogens is 2. The highest BCUT2D eigenvalue weighted by Crippen LogP contribution is 2.32. The highest BCUT2D eigenvalue weighted by Gasteiger charge is 2.24. The first-order valence-corrected chi connectivity index (χ1v) is 5.33. The predicted octanol–water partition coefficient (Wildman–Crippen LogP) is 3.49. The highest BCUT2D eigenvalue weighted by molar-refractivity contribution is 14.1. The molecule has 1 saturated carbocycles. The second-order valence-corrected chi connectivity index (χ2v) is 4.54. The maximum atomic E-state index is 5.97. The molecule has 0 aliphatic heterocycles. The third-order valence-corrected chi connectivity index (χ3v) is 2.68. The number of rotatable bonds is 2. The standard InChI is InChI=1S/C9H8ClIO/c10-8-5-6(11)1-4-9(8)12-7-2-3-7/h1,4-5,7H,2-3H2. The molecule has 12 heavy (non-hydrogen) atoms. The summed E-state index contributed by atoms with van der Waals surface area (Å²) >= 11 is 8.20. The molecule has 0 atom stereocenters. The van der Waals surface area contributed by atoms with Gasteiger partial charge >= 0.3 is 0 Å². The van der Waals surface area contributed by atoms with E-state index in [1.54, 1.807) is 0 Å². The van der Waals surface area contributed by atoms with Crippen LogP contribution in [-0.2, 0) is 0 Å². The fourth-order valence-electron chi connectivity index (χ4n) is 0.936. The van der Waals surface area contributed by atoms with Crippen LogP contribution < -0.4 is 4.74 Å². The smallest absolute Gasteiger partial charge is 0.138 e. The normalized spacial score (nSPS) is 16.2. The van der Waals surface area contributed by atoms with Crippen LogP contribution in [0.1, 0.15) is 12.8 Å². The summed E-state index contributed by atoms with van der Waals surface area (Å²) < 4.78 is 6.72. The molecule has 0 amide bonds. The van der Waals surface area contributed by atoms with E-state index >= 15 is 0 Å². The van der Waals surface area contributed by atoms with Crippen molar-refractivity contribution < 1.29 is 4.74 Å². The lowest BCUT2D eigenvalue weighted by Gasteiger charge is -2.05. The van der Waals surface area contributed by atoms with Crippen LogP contribution in [0.5, 0.6) is 5.75 Å². The van der Waals surface area contributed by atoms with E-state index in [9.17, 15) is 0 Å². The molecule has 0 N–H and O–H groups in total. The van der Waals surface area contributed by atoms with Gasteiger partial charge in [-0.05, 0) is 53.6 Å². The molecule has 1 aliphatic carbocycles. The van der Waals surface area contributed by atoms with Crippen LogP contribution in [-0.4, -0.2) is 6.10 Å². The Hall–Kier alpha value is 0.0400. The summed E-state index contributed by atoms with van der Waals surface area (Å²) in [6.45, 7) is 0. The SMILES string of the molecule is Clc1cc(I)ccc1OC1CC1. The minimum Gasteiger partial charge on any atom is -0.489 e. The molecule has 0 spiro atoms. The monoisotopic (exact) mass is 294 g/mol. The van der Waals surface area contributed by atoms with Gasteiger partial charge in [0.1, 0.15) is 5.75 Å². The minimum atomic E-state index is 0.419. The van der Waals surface area contributed by atoms with Gasteiger partial charge in [0.25, 0.3) is 0 Å². The van der Waals surface area contributed by atoms with E-state index in [-0.39, 0.29) is 0 Å². The van der Waals surface area contributed by atoms with Gasteiger partial charge in [-0.3, -0.25) is 0 Å². The van der Waals surface area contributed by atoms with Crippen molar-refractivity contribution in [1.29, 1.82) is 0 Å². The molecule has 1 aromatic rings. The number of ether oxygens (including phenoxy) is 1. The molecule has 0 unspecified atom stereocenters. The van der Waals surface area contributed by atoms with Gasteiger partial charge in [0.05, 0.1) is 11.1 Å². The van der Waals surface area contributed by atoms with E-state index < -0.39 is 0 Å². The molecular formula is C9H8ClIO. The average Bonchev–Trinajstić information content (AvgIpc) is 2.79. The highest BCUT2D eigenvalue weighted by atomic mass is 127. The molecular weight excluding hydrogens is 286 g/mol. The summed E-state index contributed by atoms with van der Waals surface area (Å²) in [5, 5.41) is 0.716. The topological polar surface area (TPSA) is 9.23 Å². The fraction of sp³-hybridized carbons (Fsp3) is 0.333. The predicted molar refractivity (Wildman–Crippen MR) is 57.8 cm³/mol. The summed E-state index contributed by atoms with van der Waals surface area (Å²) in [5.74, 6) is 0.819. The molecule has 1 nitrogen and oxygen atoms in total. The van der Waals surface area contributed by atoms with Gasteiger partial charge in [0, 0.05) is 3.57 Å². The number of hydrogen-bond donors (Lipinski definition) is 0. The van der Waals surface area contributed by atoms with Crippen LogP contribution in [0.4, 0.5) is 0 Å². The molecule has 0 radical (unpaired) electrons. The molecule has 0 aromatic heterocycles. The molecule has 0 bridgehead atoms. The Morgan fingerprint density at radius 2 is 2.17 bits per heavy atom. The second-order valence-electron chi connectivity index (χ2n) is 2.89. The van der Waals surface area contributed by atoms with Crippen molar-refractivity contribution in [3.63, 3.8) is 0 Å². The largest absolute Gasteiger partial charge is 0.489 e. The van der Waals surface area contributed by atoms with Crippen molar-refractivity contribution in [2.24, 2.45) is 0 Å². The van der Waals surface area contributed by atoms with Crippen molar-refractivity contribution in [2.75, 3.05) is 0 Å². The molecule has 3 heteroatoms. The Balaban J connectivity index is 2.18. The Morgan fingerprint density at radius 3 is 2.75 bits per heavy atom. The zero-order valence-electron chi connectivity index (χ0n) is 6.39. The van der Waals surface area contributed by atoms with Gasteiger partial charge in [-0.2, -0.15) is 0 Å². The van der Waals surface area contributed by atoms with Crippen molar-refractivity contribution >= 4 is 34.2 Å². The molecule has 0 heterocycles. The molecule has 64 valence electrons. The summed E-state index contributed by atoms with van der Waals surface area (Å²) in [6.07, 6.45) is 2.76. The zero-order chi connectivity index (χ0) is 8.55. The van der Waals surface area contributed by atoms with E-state index in [2.05, 4.69) is 22.6 Å². The second kappa shape index (κ2) is 3.42.